The zero-order chi connectivity index (χ0) is 8.65. The Hall–Kier alpha value is -0.940. The van der Waals surface area contributed by atoms with Crippen molar-refractivity contribution >= 4 is 6.09 Å². The third-order valence-electron chi connectivity index (χ3n) is 1.36. The molecule has 1 atom stereocenters. The summed E-state index contributed by atoms with van der Waals surface area (Å²) in [7, 11) is 1.26. The molecule has 0 unspecified atom stereocenters. The van der Waals surface area contributed by atoms with Gasteiger partial charge in [0.1, 0.15) is 0 Å². The predicted octanol–water partition coefficient (Wildman–Crippen LogP) is 0.999. The van der Waals surface area contributed by atoms with Crippen molar-refractivity contribution in [2.24, 2.45) is 0 Å². The Kier molecular flexibility index (Phi) is 1.69. The normalized spacial score (nSPS) is 25.6. The molecule has 0 aromatic carbocycles. The lowest BCUT2D eigenvalue weighted by Gasteiger charge is -2.11. The highest BCUT2D eigenvalue weighted by atomic mass is 19.4. The molecule has 0 saturated carbocycles. The zero-order valence-corrected chi connectivity index (χ0v) is 5.68. The molecule has 0 aromatic rings. The van der Waals surface area contributed by atoms with Gasteiger partial charge in [-0.15, -0.1) is 0 Å². The van der Waals surface area contributed by atoms with Crippen molar-refractivity contribution in [2.45, 2.75) is 12.3 Å². The molecule has 1 heterocycles. The highest BCUT2D eigenvalue weighted by Gasteiger charge is 2.48. The van der Waals surface area contributed by atoms with E-state index in [1.54, 1.807) is 0 Å². The standard InChI is InChI=1S/C5H6F3NO2/c1-9-2-3(5(6,7)8)11-4(9)10/h3H,2H2,1H3/t3-/m0/s1. The Morgan fingerprint density at radius 1 is 1.64 bits per heavy atom. The largest absolute Gasteiger partial charge is 0.434 e. The minimum atomic E-state index is -4.44. The number of cyclic esters (lactones) is 1. The summed E-state index contributed by atoms with van der Waals surface area (Å²) in [6, 6.07) is 0. The average molecular weight is 169 g/mol. The Bertz CT molecular complexity index is 179. The SMILES string of the molecule is CN1C[C@@H](C(F)(F)F)OC1=O. The lowest BCUT2D eigenvalue weighted by atomic mass is 10.3. The second-order valence-electron chi connectivity index (χ2n) is 2.29. The van der Waals surface area contributed by atoms with Crippen LogP contribution in [-0.2, 0) is 4.74 Å². The highest BCUT2D eigenvalue weighted by molar-refractivity contribution is 5.69. The minimum Gasteiger partial charge on any atom is -0.434 e. The monoisotopic (exact) mass is 169 g/mol. The molecule has 6 heteroatoms. The summed E-state index contributed by atoms with van der Waals surface area (Å²) >= 11 is 0. The van der Waals surface area contributed by atoms with E-state index in [1.807, 2.05) is 0 Å². The fourth-order valence-corrected chi connectivity index (χ4v) is 0.743. The first kappa shape index (κ1) is 8.16. The number of rotatable bonds is 0. The van der Waals surface area contributed by atoms with Gasteiger partial charge in [-0.05, 0) is 0 Å². The fraction of sp³-hybridized carbons (Fsp3) is 0.800. The van der Waals surface area contributed by atoms with Crippen LogP contribution in [0.15, 0.2) is 0 Å². The number of halogens is 3. The number of carbonyl (C=O) groups is 1. The molecule has 0 spiro atoms. The van der Waals surface area contributed by atoms with E-state index in [0.29, 0.717) is 0 Å². The number of amides is 1. The summed E-state index contributed by atoms with van der Waals surface area (Å²) in [4.78, 5) is 11.3. The number of alkyl halides is 3. The van der Waals surface area contributed by atoms with E-state index in [4.69, 9.17) is 0 Å². The van der Waals surface area contributed by atoms with Crippen molar-refractivity contribution in [1.82, 2.24) is 4.90 Å². The molecule has 0 N–H and O–H groups in total. The van der Waals surface area contributed by atoms with E-state index in [2.05, 4.69) is 4.74 Å². The summed E-state index contributed by atoms with van der Waals surface area (Å²) in [6.07, 6.45) is -7.33. The first-order valence-electron chi connectivity index (χ1n) is 2.89. The number of hydrogen-bond donors (Lipinski definition) is 0. The number of carbonyl (C=O) groups excluding carboxylic acids is 1. The maximum absolute atomic E-state index is 11.8. The predicted molar refractivity (Wildman–Crippen MR) is 29.0 cm³/mol. The van der Waals surface area contributed by atoms with Crippen LogP contribution in [0.4, 0.5) is 18.0 Å². The summed E-state index contributed by atoms with van der Waals surface area (Å²) in [5.74, 6) is 0. The van der Waals surface area contributed by atoms with Crippen LogP contribution in [0.1, 0.15) is 0 Å². The van der Waals surface area contributed by atoms with Gasteiger partial charge in [-0.1, -0.05) is 0 Å². The summed E-state index contributed by atoms with van der Waals surface area (Å²) in [6.45, 7) is -0.414. The van der Waals surface area contributed by atoms with Gasteiger partial charge in [0, 0.05) is 7.05 Å². The van der Waals surface area contributed by atoms with Crippen molar-refractivity contribution in [3.05, 3.63) is 0 Å². The minimum absolute atomic E-state index is 0.414. The van der Waals surface area contributed by atoms with Crippen molar-refractivity contribution < 1.29 is 22.7 Å². The first-order chi connectivity index (χ1) is 4.91. The molecule has 11 heavy (non-hydrogen) atoms. The van der Waals surface area contributed by atoms with E-state index >= 15 is 0 Å². The molecule has 0 bridgehead atoms. The third-order valence-corrected chi connectivity index (χ3v) is 1.36. The van der Waals surface area contributed by atoms with Crippen molar-refractivity contribution in [2.75, 3.05) is 13.6 Å². The molecule has 1 fully saturated rings. The van der Waals surface area contributed by atoms with E-state index in [9.17, 15) is 18.0 Å². The summed E-state index contributed by atoms with van der Waals surface area (Å²) < 4.78 is 39.4. The molecular formula is C5H6F3NO2. The lowest BCUT2D eigenvalue weighted by molar-refractivity contribution is -0.192. The van der Waals surface area contributed by atoms with Crippen molar-refractivity contribution in [3.63, 3.8) is 0 Å². The molecule has 1 rings (SSSR count). The molecule has 1 amide bonds. The van der Waals surface area contributed by atoms with Gasteiger partial charge < -0.3 is 9.64 Å². The number of nitrogens with zero attached hydrogens (tertiary/aromatic N) is 1. The molecule has 0 radical (unpaired) electrons. The molecule has 0 aliphatic carbocycles. The number of likely N-dealkylation sites (N-methyl/N-ethyl adjacent to an activating group) is 1. The van der Waals surface area contributed by atoms with Crippen molar-refractivity contribution in [3.8, 4) is 0 Å². The topological polar surface area (TPSA) is 29.5 Å². The Morgan fingerprint density at radius 3 is 2.36 bits per heavy atom. The third kappa shape index (κ3) is 1.55. The van der Waals surface area contributed by atoms with Gasteiger partial charge in [-0.2, -0.15) is 13.2 Å². The second kappa shape index (κ2) is 2.28. The van der Waals surface area contributed by atoms with E-state index in [0.717, 1.165) is 4.90 Å². The smallest absolute Gasteiger partial charge is 0.427 e. The molecule has 1 aliphatic rings. The molecular weight excluding hydrogens is 163 g/mol. The van der Waals surface area contributed by atoms with Crippen LogP contribution >= 0.6 is 0 Å². The summed E-state index contributed by atoms with van der Waals surface area (Å²) in [5.41, 5.74) is 0. The van der Waals surface area contributed by atoms with Crippen LogP contribution in [-0.4, -0.2) is 36.9 Å². The Morgan fingerprint density at radius 2 is 2.18 bits per heavy atom. The van der Waals surface area contributed by atoms with E-state index < -0.39 is 24.9 Å². The maximum atomic E-state index is 11.8. The van der Waals surface area contributed by atoms with Gasteiger partial charge in [0.15, 0.2) is 0 Å². The van der Waals surface area contributed by atoms with Gasteiger partial charge in [0.05, 0.1) is 6.54 Å². The van der Waals surface area contributed by atoms with Gasteiger partial charge in [-0.25, -0.2) is 4.79 Å². The van der Waals surface area contributed by atoms with E-state index in [1.165, 1.54) is 7.05 Å². The quantitative estimate of drug-likeness (QED) is 0.541. The fourth-order valence-electron chi connectivity index (χ4n) is 0.743. The zero-order valence-electron chi connectivity index (χ0n) is 5.68. The molecule has 0 aromatic heterocycles. The Balaban J connectivity index is 2.61. The molecule has 3 nitrogen and oxygen atoms in total. The number of ether oxygens (including phenoxy) is 1. The maximum Gasteiger partial charge on any atom is 0.427 e. The van der Waals surface area contributed by atoms with Crippen LogP contribution in [0.3, 0.4) is 0 Å². The van der Waals surface area contributed by atoms with Crippen LogP contribution in [0.25, 0.3) is 0 Å². The van der Waals surface area contributed by atoms with Gasteiger partial charge in [0.25, 0.3) is 0 Å². The van der Waals surface area contributed by atoms with Crippen LogP contribution in [0.5, 0.6) is 0 Å². The molecule has 64 valence electrons. The Labute approximate surface area is 60.7 Å². The first-order valence-corrected chi connectivity index (χ1v) is 2.89. The van der Waals surface area contributed by atoms with Crippen LogP contribution in [0, 0.1) is 0 Å². The average Bonchev–Trinajstić information content (AvgIpc) is 2.11. The number of hydrogen-bond acceptors (Lipinski definition) is 2. The van der Waals surface area contributed by atoms with Gasteiger partial charge in [-0.3, -0.25) is 0 Å². The highest BCUT2D eigenvalue weighted by Crippen LogP contribution is 2.27. The van der Waals surface area contributed by atoms with Gasteiger partial charge in [0.2, 0.25) is 6.10 Å². The summed E-state index contributed by atoms with van der Waals surface area (Å²) in [5, 5.41) is 0. The van der Waals surface area contributed by atoms with Gasteiger partial charge >= 0.3 is 12.3 Å². The second-order valence-corrected chi connectivity index (χ2v) is 2.29. The van der Waals surface area contributed by atoms with Crippen LogP contribution in [0.2, 0.25) is 0 Å². The van der Waals surface area contributed by atoms with E-state index in [-0.39, 0.29) is 0 Å². The van der Waals surface area contributed by atoms with Crippen molar-refractivity contribution in [1.29, 1.82) is 0 Å². The lowest BCUT2D eigenvalue weighted by Crippen LogP contribution is -2.32. The molecule has 1 saturated heterocycles. The molecule has 1 aliphatic heterocycles. The van der Waals surface area contributed by atoms with Crippen LogP contribution < -0.4 is 0 Å².